The van der Waals surface area contributed by atoms with Gasteiger partial charge in [-0.25, -0.2) is 4.79 Å². The lowest BCUT2D eigenvalue weighted by Crippen LogP contribution is -2.65. The SMILES string of the molecule is C=C(CN(C)C)[C@@H]1CC[C@]2(C(=C)O)CC[C@]3(C)[C@H](CC[C@@H]4[C@@]5(C)CC=C(c6ccc(C(=O)O)cc6)C(C)(C)[C@@H]5CC[C@]43C)[C@@H]12. The van der Waals surface area contributed by atoms with Crippen LogP contribution in [-0.4, -0.2) is 41.7 Å². The molecule has 0 heterocycles. The molecule has 0 aromatic heterocycles. The van der Waals surface area contributed by atoms with Gasteiger partial charge in [0.15, 0.2) is 0 Å². The van der Waals surface area contributed by atoms with Gasteiger partial charge < -0.3 is 15.1 Å². The van der Waals surface area contributed by atoms with Crippen molar-refractivity contribution in [2.45, 2.75) is 92.4 Å². The Hall–Kier alpha value is -2.33. The fourth-order valence-electron chi connectivity index (χ4n) is 13.0. The molecule has 4 nitrogen and oxygen atoms in total. The summed E-state index contributed by atoms with van der Waals surface area (Å²) in [6.07, 6.45) is 13.0. The summed E-state index contributed by atoms with van der Waals surface area (Å²) < 4.78 is 0. The van der Waals surface area contributed by atoms with Gasteiger partial charge in [0.05, 0.1) is 11.3 Å². The van der Waals surface area contributed by atoms with E-state index in [1.54, 1.807) is 12.1 Å². The molecule has 0 radical (unpaired) electrons. The zero-order valence-electron chi connectivity index (χ0n) is 28.5. The van der Waals surface area contributed by atoms with Crippen molar-refractivity contribution >= 4 is 11.5 Å². The molecule has 240 valence electrons. The second-order valence-electron chi connectivity index (χ2n) is 17.3. The molecule has 5 aliphatic carbocycles. The van der Waals surface area contributed by atoms with E-state index >= 15 is 0 Å². The van der Waals surface area contributed by atoms with Crippen molar-refractivity contribution in [2.75, 3.05) is 20.6 Å². The molecule has 0 aliphatic heterocycles. The van der Waals surface area contributed by atoms with Crippen molar-refractivity contribution in [1.82, 2.24) is 4.90 Å². The second-order valence-corrected chi connectivity index (χ2v) is 17.3. The first-order valence-electron chi connectivity index (χ1n) is 17.3. The molecule has 4 fully saturated rings. The first-order valence-corrected chi connectivity index (χ1v) is 17.3. The fraction of sp³-hybridized carbons (Fsp3) is 0.675. The Labute approximate surface area is 266 Å². The zero-order valence-corrected chi connectivity index (χ0v) is 28.5. The number of benzene rings is 1. The number of carboxylic acids is 1. The van der Waals surface area contributed by atoms with Crippen molar-refractivity contribution in [3.05, 3.63) is 66.0 Å². The number of hydrogen-bond donors (Lipinski definition) is 2. The van der Waals surface area contributed by atoms with Crippen molar-refractivity contribution in [3.63, 3.8) is 0 Å². The molecule has 5 aliphatic rings. The second kappa shape index (κ2) is 10.3. The van der Waals surface area contributed by atoms with Gasteiger partial charge in [0.2, 0.25) is 0 Å². The van der Waals surface area contributed by atoms with Crippen LogP contribution in [0.4, 0.5) is 0 Å². The lowest BCUT2D eigenvalue weighted by molar-refractivity contribution is -0.224. The molecule has 2 N–H and O–H groups in total. The number of aromatic carboxylic acids is 1. The number of carbonyl (C=O) groups is 1. The first kappa shape index (κ1) is 31.6. The van der Waals surface area contributed by atoms with Crippen LogP contribution in [0.1, 0.15) is 108 Å². The van der Waals surface area contributed by atoms with Gasteiger partial charge in [0.25, 0.3) is 0 Å². The molecule has 0 bridgehead atoms. The number of allylic oxidation sites excluding steroid dienone is 3. The highest BCUT2D eigenvalue weighted by Gasteiger charge is 2.71. The average Bonchev–Trinajstić information content (AvgIpc) is 3.34. The molecule has 6 rings (SSSR count). The number of likely N-dealkylation sites (N-methyl/N-ethyl adjacent to an activating group) is 1. The van der Waals surface area contributed by atoms with E-state index in [9.17, 15) is 15.0 Å². The molecule has 4 saturated carbocycles. The molecule has 0 amide bonds. The number of hydrogen-bond acceptors (Lipinski definition) is 3. The Balaban J connectivity index is 1.36. The third-order valence-corrected chi connectivity index (χ3v) is 15.1. The monoisotopic (exact) mass is 599 g/mol. The van der Waals surface area contributed by atoms with E-state index < -0.39 is 5.97 Å². The normalized spacial score (nSPS) is 42.4. The van der Waals surface area contributed by atoms with Gasteiger partial charge in [-0.2, -0.15) is 0 Å². The third kappa shape index (κ3) is 4.21. The van der Waals surface area contributed by atoms with Gasteiger partial charge in [-0.15, -0.1) is 0 Å². The highest BCUT2D eigenvalue weighted by Crippen LogP contribution is 2.78. The van der Waals surface area contributed by atoms with Crippen LogP contribution in [0.2, 0.25) is 0 Å². The van der Waals surface area contributed by atoms with Crippen LogP contribution in [0.5, 0.6) is 0 Å². The zero-order chi connectivity index (χ0) is 32.0. The Morgan fingerprint density at radius 1 is 0.864 bits per heavy atom. The standard InChI is InChI=1S/C40H57NO3/c1-25(24-41(8)9)29-16-21-40(26(2)42)23-22-38(6)31(34(29)40)14-15-33-37(5)19-17-30(27-10-12-28(13-11-27)35(43)44)36(3,4)32(37)18-20-39(33,38)7/h10-13,17,29,31-34,42H,1-2,14-16,18-24H2,3-9H3,(H,43,44)/t29-,31+,32-,33+,34+,37-,38+,39+,40+/m0/s1. The van der Waals surface area contributed by atoms with Crippen LogP contribution in [0.3, 0.4) is 0 Å². The van der Waals surface area contributed by atoms with Crippen LogP contribution < -0.4 is 0 Å². The summed E-state index contributed by atoms with van der Waals surface area (Å²) in [5, 5.41) is 20.7. The quantitative estimate of drug-likeness (QED) is 0.252. The van der Waals surface area contributed by atoms with E-state index in [-0.39, 0.29) is 27.1 Å². The molecule has 1 aromatic rings. The van der Waals surface area contributed by atoms with Crippen molar-refractivity contribution < 1.29 is 15.0 Å². The molecule has 0 unspecified atom stereocenters. The van der Waals surface area contributed by atoms with E-state index in [1.165, 1.54) is 48.8 Å². The average molecular weight is 600 g/mol. The van der Waals surface area contributed by atoms with Crippen molar-refractivity contribution in [3.8, 4) is 0 Å². The Morgan fingerprint density at radius 3 is 2.16 bits per heavy atom. The maximum absolute atomic E-state index is 11.5. The predicted molar refractivity (Wildman–Crippen MR) is 180 cm³/mol. The molecule has 9 atom stereocenters. The molecular weight excluding hydrogens is 542 g/mol. The lowest BCUT2D eigenvalue weighted by Gasteiger charge is -2.72. The van der Waals surface area contributed by atoms with E-state index in [4.69, 9.17) is 0 Å². The molecule has 1 aromatic carbocycles. The Bertz CT molecular complexity index is 1390. The molecular formula is C40H57NO3. The third-order valence-electron chi connectivity index (χ3n) is 15.1. The Morgan fingerprint density at radius 2 is 1.55 bits per heavy atom. The maximum Gasteiger partial charge on any atom is 0.335 e. The summed E-state index contributed by atoms with van der Waals surface area (Å²) in [6, 6.07) is 7.56. The van der Waals surface area contributed by atoms with Gasteiger partial charge in [-0.3, -0.25) is 0 Å². The number of rotatable bonds is 6. The molecule has 44 heavy (non-hydrogen) atoms. The lowest BCUT2D eigenvalue weighted by atomic mass is 9.32. The van der Waals surface area contributed by atoms with E-state index in [2.05, 4.69) is 72.8 Å². The fourth-order valence-corrected chi connectivity index (χ4v) is 13.0. The van der Waals surface area contributed by atoms with Crippen LogP contribution in [0.25, 0.3) is 5.57 Å². The van der Waals surface area contributed by atoms with Gasteiger partial charge in [0.1, 0.15) is 0 Å². The van der Waals surface area contributed by atoms with Gasteiger partial charge >= 0.3 is 5.97 Å². The molecule has 0 spiro atoms. The highest BCUT2D eigenvalue weighted by atomic mass is 16.4. The summed E-state index contributed by atoms with van der Waals surface area (Å²) in [7, 11) is 4.29. The van der Waals surface area contributed by atoms with Crippen LogP contribution in [0, 0.1) is 56.7 Å². The topological polar surface area (TPSA) is 60.8 Å². The summed E-state index contributed by atoms with van der Waals surface area (Å²) in [6.45, 7) is 22.6. The van der Waals surface area contributed by atoms with Gasteiger partial charge in [-0.05, 0) is 146 Å². The summed E-state index contributed by atoms with van der Waals surface area (Å²) in [5.41, 5.74) is 4.78. The molecule has 0 saturated heterocycles. The number of carboxylic acid groups (broad SMARTS) is 1. The van der Waals surface area contributed by atoms with Crippen molar-refractivity contribution in [2.24, 2.45) is 56.7 Å². The number of aliphatic hydroxyl groups is 1. The number of aliphatic hydroxyl groups excluding tert-OH is 1. The Kier molecular flexibility index (Phi) is 7.44. The minimum Gasteiger partial charge on any atom is -0.512 e. The van der Waals surface area contributed by atoms with Gasteiger partial charge in [-0.1, -0.05) is 71.6 Å². The van der Waals surface area contributed by atoms with E-state index in [0.717, 1.165) is 32.2 Å². The van der Waals surface area contributed by atoms with Crippen LogP contribution >= 0.6 is 0 Å². The highest BCUT2D eigenvalue weighted by molar-refractivity contribution is 5.88. The van der Waals surface area contributed by atoms with E-state index in [0.29, 0.717) is 40.9 Å². The number of fused-ring (bicyclic) bond motifs is 7. The van der Waals surface area contributed by atoms with Crippen molar-refractivity contribution in [1.29, 1.82) is 0 Å². The van der Waals surface area contributed by atoms with E-state index in [1.807, 2.05) is 12.1 Å². The summed E-state index contributed by atoms with van der Waals surface area (Å²) in [5.74, 6) is 2.25. The van der Waals surface area contributed by atoms with Crippen LogP contribution in [0.15, 0.2) is 54.8 Å². The summed E-state index contributed by atoms with van der Waals surface area (Å²) in [4.78, 5) is 13.8. The molecule has 4 heteroatoms. The predicted octanol–water partition coefficient (Wildman–Crippen LogP) is 9.65. The largest absolute Gasteiger partial charge is 0.512 e. The minimum atomic E-state index is -0.870. The van der Waals surface area contributed by atoms with Gasteiger partial charge in [0, 0.05) is 12.0 Å². The first-order chi connectivity index (χ1) is 20.5. The minimum absolute atomic E-state index is 0.00758. The number of nitrogens with zero attached hydrogens (tertiary/aromatic N) is 1. The maximum atomic E-state index is 11.5. The summed E-state index contributed by atoms with van der Waals surface area (Å²) >= 11 is 0. The smallest absolute Gasteiger partial charge is 0.335 e. The van der Waals surface area contributed by atoms with Crippen LogP contribution in [-0.2, 0) is 0 Å².